The lowest BCUT2D eigenvalue weighted by atomic mass is 10.2. The summed E-state index contributed by atoms with van der Waals surface area (Å²) in [6.07, 6.45) is -1.25. The molecule has 1 aromatic heterocycles. The number of hydrogen-bond acceptors (Lipinski definition) is 1. The van der Waals surface area contributed by atoms with Gasteiger partial charge in [-0.3, -0.25) is 0 Å². The topological polar surface area (TPSA) is 17.8 Å². The highest BCUT2D eigenvalue weighted by atomic mass is 79.9. The smallest absolute Gasteiger partial charge is 0.231 e. The maximum Gasteiger partial charge on any atom is 0.280 e. The zero-order valence-corrected chi connectivity index (χ0v) is 11.1. The van der Waals surface area contributed by atoms with E-state index in [1.165, 1.54) is 24.4 Å². The zero-order valence-electron chi connectivity index (χ0n) is 9.50. The number of alkyl halides is 3. The Bertz CT molecular complexity index is 566. The quantitative estimate of drug-likeness (QED) is 0.777. The third-order valence-corrected chi connectivity index (χ3v) is 3.23. The van der Waals surface area contributed by atoms with Crippen molar-refractivity contribution in [2.45, 2.75) is 18.7 Å². The molecule has 0 bridgehead atoms. The van der Waals surface area contributed by atoms with Crippen molar-refractivity contribution in [3.05, 3.63) is 47.0 Å². The normalized spacial score (nSPS) is 11.2. The van der Waals surface area contributed by atoms with Gasteiger partial charge < -0.3 is 0 Å². The summed E-state index contributed by atoms with van der Waals surface area (Å²) in [6.45, 7) is 1.66. The second kappa shape index (κ2) is 5.14. The molecule has 0 saturated carbocycles. The third-order valence-electron chi connectivity index (χ3n) is 2.62. The van der Waals surface area contributed by atoms with E-state index in [4.69, 9.17) is 0 Å². The molecule has 2 rings (SSSR count). The summed E-state index contributed by atoms with van der Waals surface area (Å²) in [4.78, 5) is 0. The molecule has 0 aliphatic carbocycles. The Labute approximate surface area is 111 Å². The second-order valence-electron chi connectivity index (χ2n) is 3.83. The molecule has 1 aromatic carbocycles. The molecule has 2 aromatic rings. The van der Waals surface area contributed by atoms with Crippen LogP contribution in [0.2, 0.25) is 0 Å². The Morgan fingerprint density at radius 2 is 2.11 bits per heavy atom. The molecule has 0 spiro atoms. The highest BCUT2D eigenvalue weighted by Crippen LogP contribution is 2.28. The number of aromatic nitrogens is 2. The van der Waals surface area contributed by atoms with Crippen molar-refractivity contribution in [2.24, 2.45) is 0 Å². The van der Waals surface area contributed by atoms with Crippen molar-refractivity contribution in [1.82, 2.24) is 9.78 Å². The maximum absolute atomic E-state index is 13.0. The lowest BCUT2D eigenvalue weighted by Gasteiger charge is -2.10. The Kier molecular flexibility index (Phi) is 3.75. The van der Waals surface area contributed by atoms with Crippen molar-refractivity contribution in [2.75, 3.05) is 0 Å². The average Bonchev–Trinajstić information content (AvgIpc) is 2.72. The second-order valence-corrected chi connectivity index (χ2v) is 4.39. The van der Waals surface area contributed by atoms with E-state index in [1.807, 2.05) is 0 Å². The molecule has 0 atom stereocenters. The molecule has 0 radical (unpaired) electrons. The number of rotatable bonds is 3. The van der Waals surface area contributed by atoms with Crippen LogP contribution < -0.4 is 0 Å². The van der Waals surface area contributed by atoms with Crippen LogP contribution in [0.3, 0.4) is 0 Å². The van der Waals surface area contributed by atoms with E-state index >= 15 is 0 Å². The monoisotopic (exact) mass is 318 g/mol. The molecule has 18 heavy (non-hydrogen) atoms. The summed E-state index contributed by atoms with van der Waals surface area (Å²) < 4.78 is 40.3. The Hall–Kier alpha value is -1.30. The van der Waals surface area contributed by atoms with E-state index in [-0.39, 0.29) is 5.69 Å². The first-order valence-corrected chi connectivity index (χ1v) is 6.34. The Morgan fingerprint density at radius 1 is 1.39 bits per heavy atom. The van der Waals surface area contributed by atoms with Gasteiger partial charge in [0, 0.05) is 10.9 Å². The largest absolute Gasteiger partial charge is 0.280 e. The Morgan fingerprint density at radius 3 is 2.67 bits per heavy atom. The summed E-state index contributed by atoms with van der Waals surface area (Å²) in [5.74, 6) is -0.400. The van der Waals surface area contributed by atoms with Gasteiger partial charge in [-0.25, -0.2) is 17.9 Å². The molecule has 1 heterocycles. The molecule has 0 saturated heterocycles. The van der Waals surface area contributed by atoms with Crippen LogP contribution >= 0.6 is 15.9 Å². The number of aryl methyl sites for hydroxylation is 1. The molecule has 6 heteroatoms. The van der Waals surface area contributed by atoms with Crippen molar-refractivity contribution < 1.29 is 13.2 Å². The van der Waals surface area contributed by atoms with E-state index in [0.29, 0.717) is 22.1 Å². The molecule has 0 amide bonds. The van der Waals surface area contributed by atoms with Crippen molar-refractivity contribution >= 4 is 15.9 Å². The summed E-state index contributed by atoms with van der Waals surface area (Å²) in [5, 5.41) is 4.25. The molecular formula is C12H10BrF3N2. The number of halogens is 4. The van der Waals surface area contributed by atoms with Gasteiger partial charge in [-0.2, -0.15) is 5.10 Å². The minimum Gasteiger partial charge on any atom is -0.231 e. The van der Waals surface area contributed by atoms with Crippen LogP contribution in [0, 0.1) is 12.7 Å². The summed E-state index contributed by atoms with van der Waals surface area (Å²) in [6, 6.07) is 3.97. The molecule has 0 unspecified atom stereocenters. The van der Waals surface area contributed by atoms with Crippen molar-refractivity contribution in [3.8, 4) is 5.69 Å². The van der Waals surface area contributed by atoms with Gasteiger partial charge in [-0.1, -0.05) is 15.9 Å². The number of nitrogens with zero attached hydrogens (tertiary/aromatic N) is 2. The van der Waals surface area contributed by atoms with Gasteiger partial charge in [-0.15, -0.1) is 0 Å². The van der Waals surface area contributed by atoms with Crippen molar-refractivity contribution in [3.63, 3.8) is 0 Å². The maximum atomic E-state index is 13.0. The number of benzene rings is 1. The van der Waals surface area contributed by atoms with E-state index in [0.717, 1.165) is 4.68 Å². The average molecular weight is 319 g/mol. The molecule has 96 valence electrons. The predicted octanol–water partition coefficient (Wildman–Crippen LogP) is 4.15. The van der Waals surface area contributed by atoms with Gasteiger partial charge in [0.05, 0.1) is 11.9 Å². The van der Waals surface area contributed by atoms with Crippen LogP contribution in [0.5, 0.6) is 0 Å². The molecule has 0 N–H and O–H groups in total. The van der Waals surface area contributed by atoms with Crippen LogP contribution in [0.25, 0.3) is 5.69 Å². The highest BCUT2D eigenvalue weighted by Gasteiger charge is 2.21. The summed E-state index contributed by atoms with van der Waals surface area (Å²) in [7, 11) is 0. The van der Waals surface area contributed by atoms with Crippen LogP contribution in [-0.4, -0.2) is 9.78 Å². The first kappa shape index (κ1) is 13.1. The summed E-state index contributed by atoms with van der Waals surface area (Å²) >= 11 is 3.15. The van der Waals surface area contributed by atoms with Crippen LogP contribution in [0.4, 0.5) is 13.2 Å². The van der Waals surface area contributed by atoms with E-state index in [1.54, 1.807) is 6.92 Å². The third kappa shape index (κ3) is 2.29. The lowest BCUT2D eigenvalue weighted by molar-refractivity contribution is 0.142. The van der Waals surface area contributed by atoms with Gasteiger partial charge in [0.15, 0.2) is 0 Å². The van der Waals surface area contributed by atoms with Gasteiger partial charge in [0.2, 0.25) is 0 Å². The van der Waals surface area contributed by atoms with Gasteiger partial charge in [0.1, 0.15) is 11.5 Å². The SMILES string of the molecule is Cc1cc(F)ccc1-n1ncc(CBr)c1C(F)F. The zero-order chi connectivity index (χ0) is 13.3. The summed E-state index contributed by atoms with van der Waals surface area (Å²) in [5.41, 5.74) is 1.27. The molecule has 2 nitrogen and oxygen atoms in total. The molecule has 0 aliphatic rings. The fraction of sp³-hybridized carbons (Fsp3) is 0.250. The van der Waals surface area contributed by atoms with E-state index < -0.39 is 12.2 Å². The lowest BCUT2D eigenvalue weighted by Crippen LogP contribution is -2.06. The van der Waals surface area contributed by atoms with Crippen LogP contribution in [0.1, 0.15) is 23.2 Å². The van der Waals surface area contributed by atoms with Crippen molar-refractivity contribution in [1.29, 1.82) is 0 Å². The van der Waals surface area contributed by atoms with E-state index in [9.17, 15) is 13.2 Å². The van der Waals surface area contributed by atoms with Crippen LogP contribution in [-0.2, 0) is 5.33 Å². The first-order valence-electron chi connectivity index (χ1n) is 5.22. The molecule has 0 aliphatic heterocycles. The Balaban J connectivity index is 2.60. The van der Waals surface area contributed by atoms with Gasteiger partial charge in [0.25, 0.3) is 6.43 Å². The first-order chi connectivity index (χ1) is 8.54. The van der Waals surface area contributed by atoms with E-state index in [2.05, 4.69) is 21.0 Å². The highest BCUT2D eigenvalue weighted by molar-refractivity contribution is 9.08. The number of hydrogen-bond donors (Lipinski definition) is 0. The fourth-order valence-corrected chi connectivity index (χ4v) is 2.21. The van der Waals surface area contributed by atoms with Crippen LogP contribution in [0.15, 0.2) is 24.4 Å². The predicted molar refractivity (Wildman–Crippen MR) is 65.8 cm³/mol. The van der Waals surface area contributed by atoms with Gasteiger partial charge in [-0.05, 0) is 30.7 Å². The van der Waals surface area contributed by atoms with Gasteiger partial charge >= 0.3 is 0 Å². The standard InChI is InChI=1S/C12H10BrF3N2/c1-7-4-9(14)2-3-10(7)18-11(12(15)16)8(5-13)6-17-18/h2-4,6,12H,5H2,1H3. The minimum atomic E-state index is -2.63. The molecular weight excluding hydrogens is 309 g/mol. The molecule has 0 fully saturated rings. The minimum absolute atomic E-state index is 0.165. The fourth-order valence-electron chi connectivity index (χ4n) is 1.78.